The lowest BCUT2D eigenvalue weighted by Gasteiger charge is -2.20. The number of amides is 1. The van der Waals surface area contributed by atoms with E-state index in [1.54, 1.807) is 6.08 Å². The van der Waals surface area contributed by atoms with E-state index >= 15 is 0 Å². The van der Waals surface area contributed by atoms with Crippen LogP contribution < -0.4 is 5.32 Å². The van der Waals surface area contributed by atoms with Crippen molar-refractivity contribution < 1.29 is 24.5 Å². The SMILES string of the molecule is CCCCCCCCCCCCCCCC/C=C/C(O)C(CO)NC(=O)CCCCCCCCCCCCCCCCOC(=O)CCCCCCCCCCCCC. The maximum Gasteiger partial charge on any atom is 0.305 e. The molecule has 3 N–H and O–H groups in total. The molecule has 0 heterocycles. The quantitative estimate of drug-likeness (QED) is 0.0323. The van der Waals surface area contributed by atoms with Crippen molar-refractivity contribution in [3.63, 3.8) is 0 Å². The molecule has 0 aromatic carbocycles. The fraction of sp³-hybridized carbons (Fsp3) is 0.923. The topological polar surface area (TPSA) is 95.9 Å². The van der Waals surface area contributed by atoms with Crippen LogP contribution in [0.15, 0.2) is 12.2 Å². The first-order valence-corrected chi connectivity index (χ1v) is 26.0. The third-order valence-electron chi connectivity index (χ3n) is 12.1. The fourth-order valence-corrected chi connectivity index (χ4v) is 8.05. The Hall–Kier alpha value is -1.40. The van der Waals surface area contributed by atoms with Crippen LogP contribution in [0.25, 0.3) is 0 Å². The van der Waals surface area contributed by atoms with Crippen LogP contribution in [-0.2, 0) is 14.3 Å². The van der Waals surface area contributed by atoms with Crippen molar-refractivity contribution in [2.24, 2.45) is 0 Å². The summed E-state index contributed by atoms with van der Waals surface area (Å²) in [6.07, 6.45) is 54.9. The van der Waals surface area contributed by atoms with Gasteiger partial charge in [-0.25, -0.2) is 0 Å². The Morgan fingerprint density at radius 3 is 1.17 bits per heavy atom. The average molecular weight is 820 g/mol. The summed E-state index contributed by atoms with van der Waals surface area (Å²) < 4.78 is 5.45. The van der Waals surface area contributed by atoms with E-state index in [1.807, 2.05) is 6.08 Å². The number of carbonyl (C=O) groups excluding carboxylic acids is 2. The molecule has 0 saturated carbocycles. The Labute approximate surface area is 361 Å². The second-order valence-electron chi connectivity index (χ2n) is 17.9. The zero-order chi connectivity index (χ0) is 42.3. The normalized spacial score (nSPS) is 12.7. The van der Waals surface area contributed by atoms with Crippen LogP contribution in [0.1, 0.15) is 284 Å². The highest BCUT2D eigenvalue weighted by molar-refractivity contribution is 5.76. The van der Waals surface area contributed by atoms with E-state index < -0.39 is 12.1 Å². The van der Waals surface area contributed by atoms with Gasteiger partial charge in [-0.05, 0) is 32.1 Å². The molecule has 0 rings (SSSR count). The molecule has 0 bridgehead atoms. The maximum absolute atomic E-state index is 12.4. The van der Waals surface area contributed by atoms with Crippen molar-refractivity contribution in [2.75, 3.05) is 13.2 Å². The molecule has 2 unspecified atom stereocenters. The van der Waals surface area contributed by atoms with Crippen molar-refractivity contribution in [3.05, 3.63) is 12.2 Å². The summed E-state index contributed by atoms with van der Waals surface area (Å²) in [4.78, 5) is 24.4. The Balaban J connectivity index is 3.48. The monoisotopic (exact) mass is 820 g/mol. The summed E-state index contributed by atoms with van der Waals surface area (Å²) in [6, 6.07) is -0.634. The molecule has 0 fully saturated rings. The first-order valence-electron chi connectivity index (χ1n) is 26.0. The number of rotatable bonds is 48. The summed E-state index contributed by atoms with van der Waals surface area (Å²) in [5.41, 5.74) is 0. The predicted molar refractivity (Wildman–Crippen MR) is 250 cm³/mol. The third-order valence-corrected chi connectivity index (χ3v) is 12.1. The standard InChI is InChI=1S/C52H101NO5/c1-3-5-7-9-11-13-15-16-17-18-21-25-28-32-36-40-44-50(55)49(48-54)53-51(56)45-41-37-33-29-26-22-19-20-23-27-31-35-39-43-47-58-52(57)46-42-38-34-30-24-14-12-10-8-6-4-2/h40,44,49-50,54-55H,3-39,41-43,45-48H2,1-2H3,(H,53,56)/b44-40+. The molecule has 0 aliphatic rings. The number of unbranched alkanes of at least 4 members (excludes halogenated alkanes) is 37. The highest BCUT2D eigenvalue weighted by atomic mass is 16.5. The van der Waals surface area contributed by atoms with Gasteiger partial charge in [0.2, 0.25) is 5.91 Å². The zero-order valence-electron chi connectivity index (χ0n) is 39.0. The third kappa shape index (κ3) is 44.2. The van der Waals surface area contributed by atoms with Gasteiger partial charge in [0.15, 0.2) is 0 Å². The lowest BCUT2D eigenvalue weighted by molar-refractivity contribution is -0.143. The van der Waals surface area contributed by atoms with Gasteiger partial charge in [-0.15, -0.1) is 0 Å². The summed E-state index contributed by atoms with van der Waals surface area (Å²) in [6.45, 7) is 4.88. The largest absolute Gasteiger partial charge is 0.466 e. The van der Waals surface area contributed by atoms with E-state index in [2.05, 4.69) is 19.2 Å². The fourth-order valence-electron chi connectivity index (χ4n) is 8.05. The van der Waals surface area contributed by atoms with E-state index in [0.29, 0.717) is 19.4 Å². The van der Waals surface area contributed by atoms with Crippen LogP contribution in [0, 0.1) is 0 Å². The molecule has 6 nitrogen and oxygen atoms in total. The van der Waals surface area contributed by atoms with Crippen molar-refractivity contribution in [1.82, 2.24) is 5.32 Å². The summed E-state index contributed by atoms with van der Waals surface area (Å²) >= 11 is 0. The molecule has 58 heavy (non-hydrogen) atoms. The average Bonchev–Trinajstić information content (AvgIpc) is 3.22. The molecular formula is C52H101NO5. The Morgan fingerprint density at radius 2 is 0.793 bits per heavy atom. The molecule has 1 amide bonds. The smallest absolute Gasteiger partial charge is 0.305 e. The number of allylic oxidation sites excluding steroid dienone is 1. The lowest BCUT2D eigenvalue weighted by atomic mass is 10.0. The van der Waals surface area contributed by atoms with Gasteiger partial charge >= 0.3 is 5.97 Å². The number of nitrogens with one attached hydrogen (secondary N) is 1. The number of hydrogen-bond donors (Lipinski definition) is 3. The van der Waals surface area contributed by atoms with Crippen LogP contribution in [-0.4, -0.2) is 47.4 Å². The predicted octanol–water partition coefficient (Wildman–Crippen LogP) is 15.3. The van der Waals surface area contributed by atoms with Gasteiger partial charge in [0, 0.05) is 12.8 Å². The highest BCUT2D eigenvalue weighted by Gasteiger charge is 2.18. The molecule has 0 saturated heterocycles. The molecule has 6 heteroatoms. The van der Waals surface area contributed by atoms with Crippen molar-refractivity contribution >= 4 is 11.9 Å². The van der Waals surface area contributed by atoms with Crippen molar-refractivity contribution in [2.45, 2.75) is 296 Å². The van der Waals surface area contributed by atoms with Gasteiger partial charge in [-0.1, -0.05) is 251 Å². The van der Waals surface area contributed by atoms with Crippen LogP contribution in [0.2, 0.25) is 0 Å². The Kier molecular flexibility index (Phi) is 47.1. The van der Waals surface area contributed by atoms with Crippen LogP contribution in [0.4, 0.5) is 0 Å². The van der Waals surface area contributed by atoms with Crippen molar-refractivity contribution in [1.29, 1.82) is 0 Å². The second kappa shape index (κ2) is 48.3. The number of esters is 1. The summed E-state index contributed by atoms with van der Waals surface area (Å²) in [7, 11) is 0. The first kappa shape index (κ1) is 56.6. The highest BCUT2D eigenvalue weighted by Crippen LogP contribution is 2.16. The molecule has 0 spiro atoms. The number of aliphatic hydroxyl groups is 2. The second-order valence-corrected chi connectivity index (χ2v) is 17.9. The molecule has 2 atom stereocenters. The van der Waals surface area contributed by atoms with E-state index in [4.69, 9.17) is 4.74 Å². The molecule has 0 aromatic rings. The van der Waals surface area contributed by atoms with Gasteiger partial charge in [-0.3, -0.25) is 9.59 Å². The van der Waals surface area contributed by atoms with Gasteiger partial charge in [0.25, 0.3) is 0 Å². The van der Waals surface area contributed by atoms with Crippen molar-refractivity contribution in [3.8, 4) is 0 Å². The zero-order valence-corrected chi connectivity index (χ0v) is 39.0. The molecule has 344 valence electrons. The Bertz CT molecular complexity index is 863. The van der Waals surface area contributed by atoms with Crippen LogP contribution in [0.5, 0.6) is 0 Å². The lowest BCUT2D eigenvalue weighted by Crippen LogP contribution is -2.45. The molecule has 0 aliphatic heterocycles. The minimum Gasteiger partial charge on any atom is -0.466 e. The van der Waals surface area contributed by atoms with E-state index in [1.165, 1.54) is 199 Å². The Morgan fingerprint density at radius 1 is 0.466 bits per heavy atom. The van der Waals surface area contributed by atoms with E-state index in [0.717, 1.165) is 57.8 Å². The number of aliphatic hydroxyl groups excluding tert-OH is 2. The van der Waals surface area contributed by atoms with E-state index in [-0.39, 0.29) is 18.5 Å². The molecule has 0 aromatic heterocycles. The van der Waals surface area contributed by atoms with Crippen LogP contribution >= 0.6 is 0 Å². The minimum atomic E-state index is -0.850. The molecule has 0 aliphatic carbocycles. The van der Waals surface area contributed by atoms with Gasteiger partial charge < -0.3 is 20.3 Å². The number of ether oxygens (including phenoxy) is 1. The summed E-state index contributed by atoms with van der Waals surface area (Å²) in [5.74, 6) is -0.0805. The number of carbonyl (C=O) groups is 2. The summed E-state index contributed by atoms with van der Waals surface area (Å²) in [5, 5.41) is 23.1. The molecule has 0 radical (unpaired) electrons. The first-order chi connectivity index (χ1) is 28.5. The minimum absolute atomic E-state index is 0.00358. The number of hydrogen-bond acceptors (Lipinski definition) is 5. The maximum atomic E-state index is 12.4. The van der Waals surface area contributed by atoms with Gasteiger partial charge in [0.05, 0.1) is 25.4 Å². The van der Waals surface area contributed by atoms with Crippen LogP contribution in [0.3, 0.4) is 0 Å². The van der Waals surface area contributed by atoms with E-state index in [9.17, 15) is 19.8 Å². The van der Waals surface area contributed by atoms with Gasteiger partial charge in [0.1, 0.15) is 0 Å². The molecular weight excluding hydrogens is 719 g/mol. The van der Waals surface area contributed by atoms with Gasteiger partial charge in [-0.2, -0.15) is 0 Å².